The Morgan fingerprint density at radius 3 is 2.29 bits per heavy atom. The summed E-state index contributed by atoms with van der Waals surface area (Å²) < 4.78 is 5.58. The zero-order valence-electron chi connectivity index (χ0n) is 15.7. The van der Waals surface area contributed by atoms with Crippen molar-refractivity contribution in [3.63, 3.8) is 0 Å². The number of hydrogen-bond acceptors (Lipinski definition) is 4. The highest BCUT2D eigenvalue weighted by Crippen LogP contribution is 2.17. The Morgan fingerprint density at radius 2 is 1.79 bits per heavy atom. The van der Waals surface area contributed by atoms with Crippen molar-refractivity contribution in [2.45, 2.75) is 54.4 Å². The van der Waals surface area contributed by atoms with E-state index >= 15 is 0 Å². The smallest absolute Gasteiger partial charge is 0.252 e. The number of pyridine rings is 1. The number of carbonyl (C=O) groups excluding carboxylic acids is 2. The molecule has 0 aromatic carbocycles. The van der Waals surface area contributed by atoms with Crippen molar-refractivity contribution in [1.82, 2.24) is 10.3 Å². The number of ketones is 1. The summed E-state index contributed by atoms with van der Waals surface area (Å²) in [6.45, 7) is 13.0. The molecule has 0 unspecified atom stereocenters. The average Bonchev–Trinajstić information content (AvgIpc) is 2.48. The highest BCUT2D eigenvalue weighted by molar-refractivity contribution is 5.93. The summed E-state index contributed by atoms with van der Waals surface area (Å²) in [5.74, 6) is 0.532. The number of aromatic nitrogens is 1. The van der Waals surface area contributed by atoms with E-state index in [4.69, 9.17) is 4.74 Å². The molecule has 0 spiro atoms. The van der Waals surface area contributed by atoms with Gasteiger partial charge in [0, 0.05) is 30.6 Å². The second-order valence-corrected chi connectivity index (χ2v) is 8.27. The fourth-order valence-corrected chi connectivity index (χ4v) is 1.82. The molecule has 1 aromatic rings. The number of Topliss-reactive ketones (excluding diaryl/α,β-unsaturated/α-hetero) is 1. The molecule has 134 valence electrons. The number of rotatable bonds is 7. The van der Waals surface area contributed by atoms with Crippen LogP contribution >= 0.6 is 0 Å². The lowest BCUT2D eigenvalue weighted by Gasteiger charge is -2.18. The van der Waals surface area contributed by atoms with Crippen molar-refractivity contribution >= 4 is 11.7 Å². The number of nitrogens with one attached hydrogen (secondary N) is 1. The molecular weight excluding hydrogens is 304 g/mol. The van der Waals surface area contributed by atoms with Crippen molar-refractivity contribution < 1.29 is 14.3 Å². The van der Waals surface area contributed by atoms with Crippen LogP contribution in [0.4, 0.5) is 0 Å². The minimum atomic E-state index is -0.323. The molecule has 5 heteroatoms. The van der Waals surface area contributed by atoms with E-state index in [1.165, 1.54) is 6.20 Å². The second-order valence-electron chi connectivity index (χ2n) is 8.27. The summed E-state index contributed by atoms with van der Waals surface area (Å²) in [5.41, 5.74) is 0.221. The van der Waals surface area contributed by atoms with Crippen LogP contribution in [0.15, 0.2) is 18.3 Å². The van der Waals surface area contributed by atoms with Crippen molar-refractivity contribution in [2.75, 3.05) is 13.2 Å². The van der Waals surface area contributed by atoms with Gasteiger partial charge in [0.15, 0.2) is 0 Å². The molecule has 1 aromatic heterocycles. The number of nitrogens with zero attached hydrogens (tertiary/aromatic N) is 1. The number of carbonyl (C=O) groups is 2. The normalized spacial score (nSPS) is 11.9. The summed E-state index contributed by atoms with van der Waals surface area (Å²) in [5, 5.41) is 2.81. The minimum Gasteiger partial charge on any atom is -0.477 e. The topological polar surface area (TPSA) is 68.3 Å². The monoisotopic (exact) mass is 334 g/mol. The third kappa shape index (κ3) is 7.57. The van der Waals surface area contributed by atoms with Gasteiger partial charge in [-0.25, -0.2) is 4.98 Å². The van der Waals surface area contributed by atoms with Gasteiger partial charge >= 0.3 is 0 Å². The zero-order chi connectivity index (χ0) is 18.4. The van der Waals surface area contributed by atoms with Crippen molar-refractivity contribution in [3.8, 4) is 5.88 Å². The Bertz CT molecular complexity index is 551. The van der Waals surface area contributed by atoms with Gasteiger partial charge in [-0.3, -0.25) is 9.59 Å². The van der Waals surface area contributed by atoms with Gasteiger partial charge in [-0.15, -0.1) is 0 Å². The van der Waals surface area contributed by atoms with Crippen molar-refractivity contribution in [3.05, 3.63) is 23.9 Å². The van der Waals surface area contributed by atoms with Gasteiger partial charge in [0.2, 0.25) is 5.88 Å². The van der Waals surface area contributed by atoms with Gasteiger partial charge in [-0.2, -0.15) is 0 Å². The largest absolute Gasteiger partial charge is 0.477 e. The van der Waals surface area contributed by atoms with Crippen LogP contribution in [0.3, 0.4) is 0 Å². The summed E-state index contributed by atoms with van der Waals surface area (Å²) >= 11 is 0. The fourth-order valence-electron chi connectivity index (χ4n) is 1.82. The maximum absolute atomic E-state index is 12.0. The van der Waals surface area contributed by atoms with Gasteiger partial charge in [0.1, 0.15) is 5.78 Å². The zero-order valence-corrected chi connectivity index (χ0v) is 15.7. The molecule has 0 bridgehead atoms. The molecule has 1 amide bonds. The molecular formula is C19H30N2O3. The Labute approximate surface area is 145 Å². The van der Waals surface area contributed by atoms with E-state index < -0.39 is 0 Å². The van der Waals surface area contributed by atoms with Crippen LogP contribution in [0, 0.1) is 10.8 Å². The van der Waals surface area contributed by atoms with Crippen LogP contribution in [-0.4, -0.2) is 29.8 Å². The van der Waals surface area contributed by atoms with Gasteiger partial charge in [-0.1, -0.05) is 41.5 Å². The average molecular weight is 334 g/mol. The highest BCUT2D eigenvalue weighted by Gasteiger charge is 2.20. The predicted molar refractivity (Wildman–Crippen MR) is 95.2 cm³/mol. The molecule has 0 atom stereocenters. The van der Waals surface area contributed by atoms with Crippen LogP contribution in [0.1, 0.15) is 64.7 Å². The SMILES string of the molecule is CC(C)(C)COc1ccc(C(=O)NCCCC(=O)C(C)(C)C)cn1. The molecule has 0 saturated carbocycles. The third-order valence-electron chi connectivity index (χ3n) is 3.35. The summed E-state index contributed by atoms with van der Waals surface area (Å²) in [6.07, 6.45) is 2.62. The number of hydrogen-bond donors (Lipinski definition) is 1. The first kappa shape index (κ1) is 20.1. The van der Waals surface area contributed by atoms with Crippen molar-refractivity contribution in [1.29, 1.82) is 0 Å². The van der Waals surface area contributed by atoms with E-state index in [1.54, 1.807) is 12.1 Å². The van der Waals surface area contributed by atoms with E-state index in [0.717, 1.165) is 0 Å². The van der Waals surface area contributed by atoms with Gasteiger partial charge in [-0.05, 0) is 17.9 Å². The number of amides is 1. The molecule has 0 saturated heterocycles. The van der Waals surface area contributed by atoms with Gasteiger partial charge < -0.3 is 10.1 Å². The molecule has 0 radical (unpaired) electrons. The lowest BCUT2D eigenvalue weighted by molar-refractivity contribution is -0.126. The summed E-state index contributed by atoms with van der Waals surface area (Å²) in [6, 6.07) is 3.39. The van der Waals surface area contributed by atoms with Crippen LogP contribution in [0.25, 0.3) is 0 Å². The summed E-state index contributed by atoms with van der Waals surface area (Å²) in [7, 11) is 0. The predicted octanol–water partition coefficient (Wildman–Crippen LogP) is 3.63. The first-order chi connectivity index (χ1) is 11.0. The van der Waals surface area contributed by atoms with E-state index in [0.29, 0.717) is 37.4 Å². The van der Waals surface area contributed by atoms with Crippen LogP contribution in [0.5, 0.6) is 5.88 Å². The maximum atomic E-state index is 12.0. The molecule has 24 heavy (non-hydrogen) atoms. The number of ether oxygens (including phenoxy) is 1. The Morgan fingerprint density at radius 1 is 1.12 bits per heavy atom. The Kier molecular flexibility index (Phi) is 6.93. The first-order valence-electron chi connectivity index (χ1n) is 8.39. The maximum Gasteiger partial charge on any atom is 0.252 e. The van der Waals surface area contributed by atoms with E-state index in [2.05, 4.69) is 31.1 Å². The second kappa shape index (κ2) is 8.27. The molecule has 1 rings (SSSR count). The quantitative estimate of drug-likeness (QED) is 0.773. The van der Waals surface area contributed by atoms with Crippen LogP contribution in [0.2, 0.25) is 0 Å². The van der Waals surface area contributed by atoms with E-state index in [-0.39, 0.29) is 22.5 Å². The minimum absolute atomic E-state index is 0.0578. The first-order valence-corrected chi connectivity index (χ1v) is 8.39. The lowest BCUT2D eigenvalue weighted by Crippen LogP contribution is -2.26. The van der Waals surface area contributed by atoms with Gasteiger partial charge in [0.05, 0.1) is 12.2 Å². The van der Waals surface area contributed by atoms with Crippen LogP contribution < -0.4 is 10.1 Å². The standard InChI is InChI=1S/C19H30N2O3/c1-18(2,3)13-24-16-10-9-14(12-21-16)17(23)20-11-7-8-15(22)19(4,5)6/h9-10,12H,7-8,11,13H2,1-6H3,(H,20,23). The Balaban J connectivity index is 2.39. The highest BCUT2D eigenvalue weighted by atomic mass is 16.5. The molecule has 0 aliphatic rings. The molecule has 1 heterocycles. The molecule has 5 nitrogen and oxygen atoms in total. The van der Waals surface area contributed by atoms with Crippen molar-refractivity contribution in [2.24, 2.45) is 10.8 Å². The van der Waals surface area contributed by atoms with E-state index in [9.17, 15) is 9.59 Å². The Hall–Kier alpha value is -1.91. The fraction of sp³-hybridized carbons (Fsp3) is 0.632. The van der Waals surface area contributed by atoms with Crippen LogP contribution in [-0.2, 0) is 4.79 Å². The molecule has 0 aliphatic heterocycles. The lowest BCUT2D eigenvalue weighted by atomic mass is 9.88. The molecule has 0 fully saturated rings. The van der Waals surface area contributed by atoms with Gasteiger partial charge in [0.25, 0.3) is 5.91 Å². The summed E-state index contributed by atoms with van der Waals surface area (Å²) in [4.78, 5) is 28.0. The molecule has 0 aliphatic carbocycles. The molecule has 1 N–H and O–H groups in total. The third-order valence-corrected chi connectivity index (χ3v) is 3.35. The van der Waals surface area contributed by atoms with E-state index in [1.807, 2.05) is 20.8 Å².